The zero-order valence-corrected chi connectivity index (χ0v) is 21.7. The van der Waals surface area contributed by atoms with Crippen LogP contribution in [0.5, 0.6) is 0 Å². The van der Waals surface area contributed by atoms with E-state index in [1.165, 1.54) is 0 Å². The Morgan fingerprint density at radius 3 is 2.47 bits per heavy atom. The maximum absolute atomic E-state index is 13.9. The lowest BCUT2D eigenvalue weighted by Crippen LogP contribution is -2.53. The van der Waals surface area contributed by atoms with E-state index in [1.54, 1.807) is 11.9 Å². The lowest BCUT2D eigenvalue weighted by Gasteiger charge is -2.46. The number of benzene rings is 1. The first-order chi connectivity index (χ1) is 17.4. The van der Waals surface area contributed by atoms with Crippen LogP contribution in [0.25, 0.3) is 11.3 Å². The highest BCUT2D eigenvalue weighted by Crippen LogP contribution is 2.42. The van der Waals surface area contributed by atoms with Gasteiger partial charge >= 0.3 is 0 Å². The molecule has 5 rings (SSSR count). The number of hydrogen-bond donors (Lipinski definition) is 0. The molecule has 1 spiro atoms. The topological polar surface area (TPSA) is 89.3 Å². The fourth-order valence-corrected chi connectivity index (χ4v) is 5.68. The van der Waals surface area contributed by atoms with Gasteiger partial charge in [-0.05, 0) is 57.2 Å². The molecule has 3 aromatic rings. The van der Waals surface area contributed by atoms with E-state index in [9.17, 15) is 4.79 Å². The summed E-state index contributed by atoms with van der Waals surface area (Å²) in [6.07, 6.45) is 3.59. The van der Waals surface area contributed by atoms with Gasteiger partial charge in [0.2, 0.25) is 11.9 Å². The van der Waals surface area contributed by atoms with Crippen molar-refractivity contribution in [1.29, 1.82) is 0 Å². The third kappa shape index (κ3) is 4.84. The number of nitrogens with zero attached hydrogens (tertiary/aromatic N) is 7. The molecule has 2 aliphatic rings. The van der Waals surface area contributed by atoms with E-state index in [1.807, 2.05) is 50.1 Å². The van der Waals surface area contributed by atoms with Crippen molar-refractivity contribution >= 4 is 11.9 Å². The van der Waals surface area contributed by atoms with Crippen LogP contribution in [0.3, 0.4) is 0 Å². The minimum absolute atomic E-state index is 0.250. The number of aromatic nitrogens is 5. The number of hydrogen-bond acceptors (Lipinski definition) is 7. The van der Waals surface area contributed by atoms with Crippen molar-refractivity contribution < 1.29 is 9.53 Å². The zero-order chi connectivity index (χ0) is 25.3. The fraction of sp³-hybridized carbons (Fsp3) is 0.519. The number of ether oxygens (including phenoxy) is 1. The standard InChI is InChI=1S/C27H35N7O2/c1-19-15-20(2)29-26(28-19)33-13-10-27(11-14-33)9-6-12-34(25(27)35)17-23-24(31-32(3)30-23)22-8-5-7-21(16-22)18-36-4/h5,7-8,15-16H,6,9-14,17-18H2,1-4H3. The Morgan fingerprint density at radius 1 is 1.00 bits per heavy atom. The molecular formula is C27H35N7O2. The molecule has 2 aromatic heterocycles. The van der Waals surface area contributed by atoms with Gasteiger partial charge in [-0.2, -0.15) is 15.0 Å². The second kappa shape index (κ2) is 9.97. The summed E-state index contributed by atoms with van der Waals surface area (Å²) in [5.74, 6) is 1.03. The molecule has 2 fully saturated rings. The molecule has 190 valence electrons. The predicted octanol–water partition coefficient (Wildman–Crippen LogP) is 3.44. The number of likely N-dealkylation sites (tertiary alicyclic amines) is 1. The SMILES string of the molecule is COCc1cccc(-c2nn(C)nc2CN2CCCC3(CCN(c4nc(C)cc(C)n4)CC3)C2=O)c1. The first kappa shape index (κ1) is 24.4. The normalized spacial score (nSPS) is 17.7. The first-order valence-electron chi connectivity index (χ1n) is 12.7. The Hall–Kier alpha value is -3.33. The van der Waals surface area contributed by atoms with Crippen LogP contribution in [0.15, 0.2) is 30.3 Å². The van der Waals surface area contributed by atoms with Gasteiger partial charge in [-0.15, -0.1) is 0 Å². The molecule has 36 heavy (non-hydrogen) atoms. The van der Waals surface area contributed by atoms with Crippen LogP contribution < -0.4 is 4.90 Å². The quantitative estimate of drug-likeness (QED) is 0.524. The largest absolute Gasteiger partial charge is 0.380 e. The van der Waals surface area contributed by atoms with Crippen LogP contribution in [-0.4, -0.2) is 62.5 Å². The van der Waals surface area contributed by atoms with Gasteiger partial charge in [-0.25, -0.2) is 9.97 Å². The number of piperidine rings is 2. The third-order valence-electron chi connectivity index (χ3n) is 7.43. The molecule has 9 heteroatoms. The van der Waals surface area contributed by atoms with Crippen LogP contribution in [0, 0.1) is 19.3 Å². The van der Waals surface area contributed by atoms with Gasteiger partial charge < -0.3 is 14.5 Å². The number of methoxy groups -OCH3 is 1. The van der Waals surface area contributed by atoms with E-state index in [0.717, 1.165) is 85.2 Å². The van der Waals surface area contributed by atoms with Crippen LogP contribution in [0.4, 0.5) is 5.95 Å². The monoisotopic (exact) mass is 489 g/mol. The van der Waals surface area contributed by atoms with Crippen molar-refractivity contribution in [3.8, 4) is 11.3 Å². The van der Waals surface area contributed by atoms with E-state index in [2.05, 4.69) is 31.1 Å². The van der Waals surface area contributed by atoms with Gasteiger partial charge in [0.05, 0.1) is 18.6 Å². The molecule has 0 atom stereocenters. The fourth-order valence-electron chi connectivity index (χ4n) is 5.68. The molecule has 0 bridgehead atoms. The Bertz CT molecular complexity index is 1230. The summed E-state index contributed by atoms with van der Waals surface area (Å²) in [6.45, 7) is 7.37. The second-order valence-corrected chi connectivity index (χ2v) is 10.2. The third-order valence-corrected chi connectivity index (χ3v) is 7.43. The number of rotatable bonds is 6. The predicted molar refractivity (Wildman–Crippen MR) is 137 cm³/mol. The summed E-state index contributed by atoms with van der Waals surface area (Å²) in [7, 11) is 3.52. The maximum Gasteiger partial charge on any atom is 0.229 e. The Morgan fingerprint density at radius 2 is 1.75 bits per heavy atom. The highest BCUT2D eigenvalue weighted by atomic mass is 16.5. The Labute approximate surface area is 212 Å². The average Bonchev–Trinajstić information content (AvgIpc) is 3.22. The van der Waals surface area contributed by atoms with E-state index >= 15 is 0 Å². The van der Waals surface area contributed by atoms with Crippen molar-refractivity contribution in [3.63, 3.8) is 0 Å². The summed E-state index contributed by atoms with van der Waals surface area (Å²) in [5.41, 5.74) is 5.38. The molecule has 2 saturated heterocycles. The van der Waals surface area contributed by atoms with Crippen LogP contribution >= 0.6 is 0 Å². The first-order valence-corrected chi connectivity index (χ1v) is 12.7. The Kier molecular flexibility index (Phi) is 6.75. The smallest absolute Gasteiger partial charge is 0.229 e. The summed E-state index contributed by atoms with van der Waals surface area (Å²) in [4.78, 5) is 28.9. The molecule has 2 aliphatic heterocycles. The van der Waals surface area contributed by atoms with E-state index < -0.39 is 0 Å². The number of anilines is 1. The molecule has 0 N–H and O–H groups in total. The van der Waals surface area contributed by atoms with Crippen LogP contribution in [0.2, 0.25) is 0 Å². The molecule has 1 amide bonds. The molecule has 0 unspecified atom stereocenters. The molecular weight excluding hydrogens is 454 g/mol. The Balaban J connectivity index is 1.32. The number of aryl methyl sites for hydroxylation is 3. The van der Waals surface area contributed by atoms with Gasteiger partial charge in [-0.1, -0.05) is 18.2 Å². The van der Waals surface area contributed by atoms with Crippen molar-refractivity contribution in [2.75, 3.05) is 31.6 Å². The van der Waals surface area contributed by atoms with Gasteiger partial charge in [0.15, 0.2) is 0 Å². The van der Waals surface area contributed by atoms with Crippen LogP contribution in [0.1, 0.15) is 48.3 Å². The minimum Gasteiger partial charge on any atom is -0.380 e. The molecule has 1 aromatic carbocycles. The lowest BCUT2D eigenvalue weighted by atomic mass is 9.71. The zero-order valence-electron chi connectivity index (χ0n) is 21.7. The average molecular weight is 490 g/mol. The van der Waals surface area contributed by atoms with Gasteiger partial charge in [0.25, 0.3) is 0 Å². The molecule has 4 heterocycles. The highest BCUT2D eigenvalue weighted by molar-refractivity contribution is 5.84. The van der Waals surface area contributed by atoms with Crippen molar-refractivity contribution in [3.05, 3.63) is 53.0 Å². The number of amides is 1. The maximum atomic E-state index is 13.9. The summed E-state index contributed by atoms with van der Waals surface area (Å²) < 4.78 is 5.30. The molecule has 0 aliphatic carbocycles. The molecule has 0 saturated carbocycles. The number of carbonyl (C=O) groups excluding carboxylic acids is 1. The van der Waals surface area contributed by atoms with Crippen molar-refractivity contribution in [2.24, 2.45) is 12.5 Å². The van der Waals surface area contributed by atoms with Gasteiger partial charge in [-0.3, -0.25) is 4.79 Å². The lowest BCUT2D eigenvalue weighted by molar-refractivity contribution is -0.148. The van der Waals surface area contributed by atoms with Crippen LogP contribution in [-0.2, 0) is 29.7 Å². The second-order valence-electron chi connectivity index (χ2n) is 10.2. The minimum atomic E-state index is -0.311. The number of carbonyl (C=O) groups is 1. The van der Waals surface area contributed by atoms with Crippen molar-refractivity contribution in [2.45, 2.75) is 52.7 Å². The molecule has 0 radical (unpaired) electrons. The molecule has 9 nitrogen and oxygen atoms in total. The van der Waals surface area contributed by atoms with Crippen molar-refractivity contribution in [1.82, 2.24) is 29.9 Å². The summed E-state index contributed by atoms with van der Waals surface area (Å²) in [6, 6.07) is 10.2. The highest BCUT2D eigenvalue weighted by Gasteiger charge is 2.46. The summed E-state index contributed by atoms with van der Waals surface area (Å²) in [5, 5.41) is 9.29. The van der Waals surface area contributed by atoms with E-state index in [-0.39, 0.29) is 11.3 Å². The van der Waals surface area contributed by atoms with E-state index in [0.29, 0.717) is 13.2 Å². The van der Waals surface area contributed by atoms with Gasteiger partial charge in [0, 0.05) is 50.7 Å². The summed E-state index contributed by atoms with van der Waals surface area (Å²) >= 11 is 0. The van der Waals surface area contributed by atoms with E-state index in [4.69, 9.17) is 4.74 Å². The van der Waals surface area contributed by atoms with Gasteiger partial charge in [0.1, 0.15) is 11.4 Å².